The minimum atomic E-state index is 0.00137. The van der Waals surface area contributed by atoms with Crippen LogP contribution in [0, 0.1) is 23.2 Å². The lowest BCUT2D eigenvalue weighted by Gasteiger charge is -2.57. The summed E-state index contributed by atoms with van der Waals surface area (Å²) in [7, 11) is 0. The number of nitrogens with zero attached hydrogens (tertiary/aromatic N) is 1. The molecule has 0 aliphatic heterocycles. The van der Waals surface area contributed by atoms with Gasteiger partial charge in [-0.15, -0.1) is 0 Å². The van der Waals surface area contributed by atoms with E-state index in [2.05, 4.69) is 22.5 Å². The summed E-state index contributed by atoms with van der Waals surface area (Å²) in [5, 5.41) is 5.46. The van der Waals surface area contributed by atoms with E-state index in [4.69, 9.17) is 11.6 Å². The predicted molar refractivity (Wildman–Crippen MR) is 94.7 cm³/mol. The molecule has 4 fully saturated rings. The van der Waals surface area contributed by atoms with Crippen LogP contribution in [0.1, 0.15) is 45.4 Å². The number of pyridine rings is 1. The van der Waals surface area contributed by atoms with Gasteiger partial charge in [-0.2, -0.15) is 0 Å². The fraction of sp³-hybridized carbons (Fsp3) is 0.684. The van der Waals surface area contributed by atoms with Crippen molar-refractivity contribution in [2.45, 2.75) is 51.5 Å². The first kappa shape index (κ1) is 16.3. The fourth-order valence-corrected chi connectivity index (χ4v) is 6.12. The molecule has 1 atom stereocenters. The van der Waals surface area contributed by atoms with Crippen molar-refractivity contribution in [3.8, 4) is 0 Å². The van der Waals surface area contributed by atoms with E-state index in [1.165, 1.54) is 38.5 Å². The highest BCUT2D eigenvalue weighted by atomic mass is 35.5. The molecule has 4 nitrogen and oxygen atoms in total. The van der Waals surface area contributed by atoms with Gasteiger partial charge in [-0.05, 0) is 75.3 Å². The predicted octanol–water partition coefficient (Wildman–Crippen LogP) is 2.84. The van der Waals surface area contributed by atoms with E-state index < -0.39 is 0 Å². The Morgan fingerprint density at radius 1 is 1.33 bits per heavy atom. The van der Waals surface area contributed by atoms with Gasteiger partial charge in [-0.3, -0.25) is 4.79 Å². The number of halogens is 1. The van der Waals surface area contributed by atoms with E-state index in [1.54, 1.807) is 18.3 Å². The second-order valence-corrected chi connectivity index (χ2v) is 8.76. The van der Waals surface area contributed by atoms with Crippen LogP contribution in [0.5, 0.6) is 0 Å². The van der Waals surface area contributed by atoms with Gasteiger partial charge in [0.05, 0.1) is 11.7 Å². The Labute approximate surface area is 148 Å². The highest BCUT2D eigenvalue weighted by molar-refractivity contribution is 6.32. The maximum Gasteiger partial charge on any atom is 0.279 e. The summed E-state index contributed by atoms with van der Waals surface area (Å²) in [5.74, 6) is 2.86. The van der Waals surface area contributed by atoms with Crippen molar-refractivity contribution in [3.05, 3.63) is 23.5 Å². The molecule has 4 aliphatic rings. The summed E-state index contributed by atoms with van der Waals surface area (Å²) < 4.78 is 0. The minimum absolute atomic E-state index is 0.00137. The minimum Gasteiger partial charge on any atom is -0.336 e. The standard InChI is InChI=1S/C19H26ClN3O/c1-12(19-8-13-5-14(9-19)7-15(6-13)10-19)22-11-17(24)23-16-3-2-4-21-18(16)20/h2-4,12-15,22H,5-11H2,1H3,(H,23,24)/p+1/t12-,13?,14?,15?,19?/m0/s1. The molecule has 1 amide bonds. The van der Waals surface area contributed by atoms with Crippen LogP contribution in [0.3, 0.4) is 0 Å². The van der Waals surface area contributed by atoms with Gasteiger partial charge in [-0.1, -0.05) is 11.6 Å². The van der Waals surface area contributed by atoms with Crippen LogP contribution < -0.4 is 10.6 Å². The van der Waals surface area contributed by atoms with Gasteiger partial charge in [0, 0.05) is 11.6 Å². The molecule has 4 bridgehead atoms. The number of amides is 1. The molecule has 3 N–H and O–H groups in total. The quantitative estimate of drug-likeness (QED) is 0.804. The Bertz CT molecular complexity index is 598. The lowest BCUT2D eigenvalue weighted by Crippen LogP contribution is -2.94. The summed E-state index contributed by atoms with van der Waals surface area (Å²) in [6.07, 6.45) is 10.2. The van der Waals surface area contributed by atoms with E-state index in [0.717, 1.165) is 17.8 Å². The van der Waals surface area contributed by atoms with Gasteiger partial charge in [-0.25, -0.2) is 4.98 Å². The number of nitrogens with two attached hydrogens (primary N) is 1. The highest BCUT2D eigenvalue weighted by Gasteiger charge is 2.54. The second kappa shape index (κ2) is 6.30. The molecule has 1 heterocycles. The van der Waals surface area contributed by atoms with E-state index in [9.17, 15) is 4.79 Å². The number of carbonyl (C=O) groups is 1. The average molecular weight is 349 g/mol. The van der Waals surface area contributed by atoms with Crippen LogP contribution in [-0.2, 0) is 4.79 Å². The van der Waals surface area contributed by atoms with Gasteiger partial charge in [0.25, 0.3) is 5.91 Å². The van der Waals surface area contributed by atoms with Gasteiger partial charge in [0.1, 0.15) is 0 Å². The summed E-state index contributed by atoms with van der Waals surface area (Å²) in [5.41, 5.74) is 1.07. The molecule has 0 saturated heterocycles. The van der Waals surface area contributed by atoms with Crippen molar-refractivity contribution >= 4 is 23.2 Å². The van der Waals surface area contributed by atoms with Crippen LogP contribution in [0.25, 0.3) is 0 Å². The number of rotatable bonds is 5. The third-order valence-electron chi connectivity index (χ3n) is 6.74. The van der Waals surface area contributed by atoms with Gasteiger partial charge >= 0.3 is 0 Å². The Morgan fingerprint density at radius 3 is 2.54 bits per heavy atom. The van der Waals surface area contributed by atoms with Gasteiger partial charge in [0.2, 0.25) is 0 Å². The molecule has 5 heteroatoms. The van der Waals surface area contributed by atoms with E-state index >= 15 is 0 Å². The first-order chi connectivity index (χ1) is 11.5. The van der Waals surface area contributed by atoms with Crippen molar-refractivity contribution in [1.82, 2.24) is 4.98 Å². The van der Waals surface area contributed by atoms with Crippen LogP contribution in [-0.4, -0.2) is 23.5 Å². The number of nitrogens with one attached hydrogen (secondary N) is 1. The molecule has 1 aromatic rings. The zero-order chi connectivity index (χ0) is 16.7. The maximum absolute atomic E-state index is 12.3. The van der Waals surface area contributed by atoms with Crippen LogP contribution >= 0.6 is 11.6 Å². The number of hydrogen-bond acceptors (Lipinski definition) is 2. The molecule has 4 saturated carbocycles. The summed E-state index contributed by atoms with van der Waals surface area (Å²) >= 11 is 6.01. The average Bonchev–Trinajstić information content (AvgIpc) is 2.53. The molecule has 1 aromatic heterocycles. The van der Waals surface area contributed by atoms with Crippen molar-refractivity contribution < 1.29 is 10.1 Å². The number of aromatic nitrogens is 1. The van der Waals surface area contributed by atoms with Crippen LogP contribution in [0.2, 0.25) is 5.15 Å². The summed E-state index contributed by atoms with van der Waals surface area (Å²) in [4.78, 5) is 16.3. The van der Waals surface area contributed by atoms with Crippen molar-refractivity contribution in [1.29, 1.82) is 0 Å². The summed E-state index contributed by atoms with van der Waals surface area (Å²) in [6, 6.07) is 4.08. The Balaban J connectivity index is 1.34. The summed E-state index contributed by atoms with van der Waals surface area (Å²) in [6.45, 7) is 2.78. The Hall–Kier alpha value is -1.13. The fourth-order valence-electron chi connectivity index (χ4n) is 5.95. The number of quaternary nitrogens is 1. The van der Waals surface area contributed by atoms with Crippen molar-refractivity contribution in [2.75, 3.05) is 11.9 Å². The molecule has 0 spiro atoms. The zero-order valence-electron chi connectivity index (χ0n) is 14.3. The van der Waals surface area contributed by atoms with Crippen LogP contribution in [0.15, 0.2) is 18.3 Å². The van der Waals surface area contributed by atoms with Crippen molar-refractivity contribution in [3.63, 3.8) is 0 Å². The van der Waals surface area contributed by atoms with E-state index in [1.807, 2.05) is 0 Å². The molecule has 130 valence electrons. The number of hydrogen-bond donors (Lipinski definition) is 2. The van der Waals surface area contributed by atoms with Gasteiger partial charge < -0.3 is 10.6 Å². The SMILES string of the molecule is C[C@H]([NH2+]CC(=O)Nc1cccnc1Cl)C12CC3CC(CC(C3)C1)C2. The molecule has 0 aromatic carbocycles. The lowest BCUT2D eigenvalue weighted by atomic mass is 9.48. The maximum atomic E-state index is 12.3. The molecule has 4 aliphatic carbocycles. The third-order valence-corrected chi connectivity index (χ3v) is 7.04. The normalized spacial score (nSPS) is 35.0. The molecular weight excluding hydrogens is 322 g/mol. The van der Waals surface area contributed by atoms with E-state index in [-0.39, 0.29) is 5.91 Å². The first-order valence-corrected chi connectivity index (χ1v) is 9.65. The number of anilines is 1. The Morgan fingerprint density at radius 2 is 1.96 bits per heavy atom. The second-order valence-electron chi connectivity index (χ2n) is 8.40. The Kier molecular flexibility index (Phi) is 4.29. The lowest BCUT2D eigenvalue weighted by molar-refractivity contribution is -0.692. The smallest absolute Gasteiger partial charge is 0.279 e. The third kappa shape index (κ3) is 3.06. The van der Waals surface area contributed by atoms with E-state index in [0.29, 0.717) is 28.8 Å². The topological polar surface area (TPSA) is 58.6 Å². The largest absolute Gasteiger partial charge is 0.336 e. The molecule has 24 heavy (non-hydrogen) atoms. The molecule has 5 rings (SSSR count). The first-order valence-electron chi connectivity index (χ1n) is 9.28. The highest BCUT2D eigenvalue weighted by Crippen LogP contribution is 2.60. The molecule has 0 radical (unpaired) electrons. The van der Waals surface area contributed by atoms with Gasteiger partial charge in [0.15, 0.2) is 11.7 Å². The zero-order valence-corrected chi connectivity index (χ0v) is 15.1. The number of carbonyl (C=O) groups excluding carboxylic acids is 1. The molecule has 0 unspecified atom stereocenters. The van der Waals surface area contributed by atoms with Crippen LogP contribution in [0.4, 0.5) is 5.69 Å². The monoisotopic (exact) mass is 348 g/mol. The molecular formula is C19H27ClN3O+. The van der Waals surface area contributed by atoms with Crippen molar-refractivity contribution in [2.24, 2.45) is 23.2 Å².